The van der Waals surface area contributed by atoms with Crippen molar-refractivity contribution in [1.29, 1.82) is 0 Å². The smallest absolute Gasteiger partial charge is 0.319 e. The summed E-state index contributed by atoms with van der Waals surface area (Å²) in [6.07, 6.45) is 3.97. The van der Waals surface area contributed by atoms with Crippen LogP contribution in [0.2, 0.25) is 0 Å². The van der Waals surface area contributed by atoms with E-state index < -0.39 is 17.3 Å². The third-order valence-corrected chi connectivity index (χ3v) is 4.57. The number of rotatable bonds is 4. The van der Waals surface area contributed by atoms with Gasteiger partial charge in [-0.3, -0.25) is 9.59 Å². The van der Waals surface area contributed by atoms with Gasteiger partial charge >= 0.3 is 5.97 Å². The molecule has 18 heavy (non-hydrogen) atoms. The second kappa shape index (κ2) is 4.05. The van der Waals surface area contributed by atoms with Gasteiger partial charge in [0.05, 0.1) is 5.69 Å². The molecule has 1 aromatic rings. The number of aliphatic carboxylic acids is 1. The summed E-state index contributed by atoms with van der Waals surface area (Å²) in [5.41, 5.74) is -0.195. The maximum atomic E-state index is 12.0. The molecule has 5 nitrogen and oxygen atoms in total. The lowest BCUT2D eigenvalue weighted by molar-refractivity contribution is -0.159. The Hall–Kier alpha value is -1.43. The zero-order valence-electron chi connectivity index (χ0n) is 9.81. The second-order valence-corrected chi connectivity index (χ2v) is 5.90. The number of amides is 1. The summed E-state index contributed by atoms with van der Waals surface area (Å²) < 4.78 is 0. The van der Waals surface area contributed by atoms with Crippen molar-refractivity contribution in [2.24, 2.45) is 5.41 Å². The molecule has 96 valence electrons. The Labute approximate surface area is 108 Å². The number of nitrogens with zero attached hydrogens (tertiary/aromatic N) is 1. The molecule has 0 aliphatic heterocycles. The summed E-state index contributed by atoms with van der Waals surface area (Å²) in [6, 6.07) is 0. The van der Waals surface area contributed by atoms with Crippen LogP contribution < -0.4 is 5.32 Å². The van der Waals surface area contributed by atoms with E-state index >= 15 is 0 Å². The Kier molecular flexibility index (Phi) is 2.62. The summed E-state index contributed by atoms with van der Waals surface area (Å²) in [7, 11) is 0. The van der Waals surface area contributed by atoms with E-state index in [1.807, 2.05) is 5.38 Å². The minimum absolute atomic E-state index is 0.419. The first-order valence-electron chi connectivity index (χ1n) is 6.12. The molecule has 1 heterocycles. The van der Waals surface area contributed by atoms with Crippen LogP contribution in [0.1, 0.15) is 43.7 Å². The largest absolute Gasteiger partial charge is 0.480 e. The van der Waals surface area contributed by atoms with Crippen LogP contribution >= 0.6 is 11.3 Å². The SMILES string of the molecule is O=C(O)C1(C(=O)Nc2nc(C3CC3)cs2)CCC1. The van der Waals surface area contributed by atoms with E-state index in [-0.39, 0.29) is 0 Å². The molecule has 2 aliphatic rings. The van der Waals surface area contributed by atoms with Gasteiger partial charge in [0.2, 0.25) is 5.91 Å². The summed E-state index contributed by atoms with van der Waals surface area (Å²) in [5.74, 6) is -0.896. The Morgan fingerprint density at radius 2 is 2.17 bits per heavy atom. The van der Waals surface area contributed by atoms with E-state index in [9.17, 15) is 9.59 Å². The lowest BCUT2D eigenvalue weighted by Gasteiger charge is -2.35. The highest BCUT2D eigenvalue weighted by Gasteiger charge is 2.51. The van der Waals surface area contributed by atoms with Gasteiger partial charge in [-0.05, 0) is 25.7 Å². The molecule has 1 aromatic heterocycles. The first kappa shape index (κ1) is 11.6. The number of thiazole rings is 1. The van der Waals surface area contributed by atoms with Crippen molar-refractivity contribution >= 4 is 28.3 Å². The fraction of sp³-hybridized carbons (Fsp3) is 0.583. The Balaban J connectivity index is 1.71. The lowest BCUT2D eigenvalue weighted by atomic mass is 9.68. The minimum atomic E-state index is -1.22. The number of anilines is 1. The fourth-order valence-electron chi connectivity index (χ4n) is 2.20. The Bertz CT molecular complexity index is 503. The summed E-state index contributed by atoms with van der Waals surface area (Å²) in [6.45, 7) is 0. The highest BCUT2D eigenvalue weighted by Crippen LogP contribution is 2.43. The molecule has 0 spiro atoms. The van der Waals surface area contributed by atoms with Gasteiger partial charge in [0.15, 0.2) is 5.13 Å². The Morgan fingerprint density at radius 1 is 1.44 bits per heavy atom. The normalized spacial score (nSPS) is 21.1. The average Bonchev–Trinajstić information content (AvgIpc) is 2.98. The first-order chi connectivity index (χ1) is 8.62. The van der Waals surface area contributed by atoms with Crippen molar-refractivity contribution in [2.45, 2.75) is 38.0 Å². The van der Waals surface area contributed by atoms with Crippen LogP contribution in [0.3, 0.4) is 0 Å². The molecule has 0 bridgehead atoms. The minimum Gasteiger partial charge on any atom is -0.480 e. The third-order valence-electron chi connectivity index (χ3n) is 3.79. The zero-order chi connectivity index (χ0) is 12.8. The van der Waals surface area contributed by atoms with E-state index in [4.69, 9.17) is 5.11 Å². The van der Waals surface area contributed by atoms with Gasteiger partial charge < -0.3 is 10.4 Å². The molecule has 2 fully saturated rings. The summed E-state index contributed by atoms with van der Waals surface area (Å²) in [4.78, 5) is 27.5. The van der Waals surface area contributed by atoms with E-state index in [1.54, 1.807) is 0 Å². The molecule has 0 atom stereocenters. The van der Waals surface area contributed by atoms with Crippen LogP contribution in [0.5, 0.6) is 0 Å². The van der Waals surface area contributed by atoms with Gasteiger partial charge in [-0.15, -0.1) is 11.3 Å². The molecule has 6 heteroatoms. The van der Waals surface area contributed by atoms with Crippen LogP contribution in [0.25, 0.3) is 0 Å². The number of carbonyl (C=O) groups excluding carboxylic acids is 1. The van der Waals surface area contributed by atoms with Crippen molar-refractivity contribution < 1.29 is 14.7 Å². The van der Waals surface area contributed by atoms with Crippen molar-refractivity contribution in [1.82, 2.24) is 4.98 Å². The predicted octanol–water partition coefficient (Wildman–Crippen LogP) is 2.21. The van der Waals surface area contributed by atoms with Crippen LogP contribution in [0, 0.1) is 5.41 Å². The number of hydrogen-bond donors (Lipinski definition) is 2. The molecule has 2 saturated carbocycles. The van der Waals surface area contributed by atoms with Gasteiger partial charge in [0.25, 0.3) is 0 Å². The first-order valence-corrected chi connectivity index (χ1v) is 7.00. The molecular weight excluding hydrogens is 252 g/mol. The summed E-state index contributed by atoms with van der Waals surface area (Å²) in [5, 5.41) is 14.3. The van der Waals surface area contributed by atoms with Crippen molar-refractivity contribution in [3.05, 3.63) is 11.1 Å². The van der Waals surface area contributed by atoms with Gasteiger partial charge in [0.1, 0.15) is 5.41 Å². The second-order valence-electron chi connectivity index (χ2n) is 5.05. The van der Waals surface area contributed by atoms with Gasteiger partial charge in [-0.25, -0.2) is 4.98 Å². The van der Waals surface area contributed by atoms with Crippen molar-refractivity contribution in [3.8, 4) is 0 Å². The number of hydrogen-bond acceptors (Lipinski definition) is 4. The molecule has 3 rings (SSSR count). The standard InChI is InChI=1S/C12H14N2O3S/c15-9(12(10(16)17)4-1-5-12)14-11-13-8(6-18-11)7-2-3-7/h6-7H,1-5H2,(H,16,17)(H,13,14,15). The van der Waals surface area contributed by atoms with Crippen molar-refractivity contribution in [2.75, 3.05) is 5.32 Å². The molecular formula is C12H14N2O3S. The number of carboxylic acids is 1. The maximum Gasteiger partial charge on any atom is 0.319 e. The topological polar surface area (TPSA) is 79.3 Å². The van der Waals surface area contributed by atoms with Crippen molar-refractivity contribution in [3.63, 3.8) is 0 Å². The van der Waals surface area contributed by atoms with Crippen LogP contribution in [0.15, 0.2) is 5.38 Å². The van der Waals surface area contributed by atoms with Crippen LogP contribution in [0.4, 0.5) is 5.13 Å². The van der Waals surface area contributed by atoms with E-state index in [0.29, 0.717) is 23.9 Å². The molecule has 2 aliphatic carbocycles. The van der Waals surface area contributed by atoms with Gasteiger partial charge in [-0.2, -0.15) is 0 Å². The lowest BCUT2D eigenvalue weighted by Crippen LogP contribution is -2.48. The third kappa shape index (κ3) is 1.80. The molecule has 0 saturated heterocycles. The average molecular weight is 266 g/mol. The zero-order valence-corrected chi connectivity index (χ0v) is 10.6. The molecule has 0 aromatic carbocycles. The quantitative estimate of drug-likeness (QED) is 0.819. The molecule has 0 radical (unpaired) electrons. The number of nitrogens with one attached hydrogen (secondary N) is 1. The number of aromatic nitrogens is 1. The van der Waals surface area contributed by atoms with Gasteiger partial charge in [0, 0.05) is 11.3 Å². The molecule has 2 N–H and O–H groups in total. The van der Waals surface area contributed by atoms with Gasteiger partial charge in [-0.1, -0.05) is 6.42 Å². The molecule has 0 unspecified atom stereocenters. The maximum absolute atomic E-state index is 12.0. The predicted molar refractivity (Wildman–Crippen MR) is 66.6 cm³/mol. The fourth-order valence-corrected chi connectivity index (χ4v) is 2.98. The highest BCUT2D eigenvalue weighted by atomic mass is 32.1. The Morgan fingerprint density at radius 3 is 2.67 bits per heavy atom. The van der Waals surface area contributed by atoms with E-state index in [1.165, 1.54) is 11.3 Å². The monoisotopic (exact) mass is 266 g/mol. The molecule has 1 amide bonds. The van der Waals surface area contributed by atoms with E-state index in [0.717, 1.165) is 25.0 Å². The number of carboxylic acid groups (broad SMARTS) is 1. The summed E-state index contributed by atoms with van der Waals surface area (Å²) >= 11 is 1.37. The number of carbonyl (C=O) groups is 2. The van der Waals surface area contributed by atoms with Crippen LogP contribution in [-0.2, 0) is 9.59 Å². The van der Waals surface area contributed by atoms with Crippen LogP contribution in [-0.4, -0.2) is 22.0 Å². The van der Waals surface area contributed by atoms with E-state index in [2.05, 4.69) is 10.3 Å². The highest BCUT2D eigenvalue weighted by molar-refractivity contribution is 7.14.